The van der Waals surface area contributed by atoms with Crippen LogP contribution < -0.4 is 5.73 Å². The van der Waals surface area contributed by atoms with Crippen LogP contribution in [0, 0.1) is 6.92 Å². The fourth-order valence-electron chi connectivity index (χ4n) is 1.02. The van der Waals surface area contributed by atoms with Crippen molar-refractivity contribution in [1.29, 1.82) is 0 Å². The summed E-state index contributed by atoms with van der Waals surface area (Å²) in [6.07, 6.45) is 1.58. The second-order valence-corrected chi connectivity index (χ2v) is 2.62. The van der Waals surface area contributed by atoms with E-state index in [9.17, 15) is 0 Å². The zero-order valence-corrected chi connectivity index (χ0v) is 6.94. The first-order chi connectivity index (χ1) is 6.16. The molecular weight excluding hydrogens is 168 g/mol. The number of hydrogen-bond donors (Lipinski definition) is 1. The van der Waals surface area contributed by atoms with E-state index in [0.717, 1.165) is 5.69 Å². The van der Waals surface area contributed by atoms with Gasteiger partial charge < -0.3 is 21.4 Å². The van der Waals surface area contributed by atoms with E-state index in [-0.39, 0.29) is 11.8 Å². The molecule has 2 aromatic rings. The molecule has 2 rings (SSSR count). The molecule has 2 heterocycles. The number of nitrogens with zero attached hydrogens (tertiary/aromatic N) is 4. The van der Waals surface area contributed by atoms with Crippen molar-refractivity contribution in [2.45, 2.75) is 6.92 Å². The molecule has 0 spiro atoms. The van der Waals surface area contributed by atoms with E-state index in [1.54, 1.807) is 13.1 Å². The van der Waals surface area contributed by atoms with E-state index < -0.39 is 0 Å². The molecule has 13 heavy (non-hydrogen) atoms. The van der Waals surface area contributed by atoms with Crippen molar-refractivity contribution in [3.8, 4) is 0 Å². The van der Waals surface area contributed by atoms with Crippen LogP contribution in [0.1, 0.15) is 5.69 Å². The Bertz CT molecular complexity index is 466. The maximum atomic E-state index is 7.20. The summed E-state index contributed by atoms with van der Waals surface area (Å²) in [5, 5.41) is 0. The minimum Gasteiger partial charge on any atom is -0.410 e. The molecule has 0 aliphatic heterocycles. The van der Waals surface area contributed by atoms with E-state index in [4.69, 9.17) is 11.5 Å². The summed E-state index contributed by atoms with van der Waals surface area (Å²) in [5.74, 6) is 0.0642. The highest BCUT2D eigenvalue weighted by molar-refractivity contribution is 5.81. The third-order valence-electron chi connectivity index (χ3n) is 1.55. The number of nitrogens with two attached hydrogens (primary N) is 1. The van der Waals surface area contributed by atoms with E-state index in [1.807, 2.05) is 0 Å². The van der Waals surface area contributed by atoms with Crippen molar-refractivity contribution in [2.75, 3.05) is 5.73 Å². The molecule has 0 amide bonds. The minimum absolute atomic E-state index is 0.136. The van der Waals surface area contributed by atoms with E-state index in [2.05, 4.69) is 19.9 Å². The highest BCUT2D eigenvalue weighted by Crippen LogP contribution is 2.15. The van der Waals surface area contributed by atoms with E-state index in [1.165, 1.54) is 0 Å². The number of aromatic nitrogens is 4. The number of nitrogens with one attached hydrogen (secondary N) is 1. The molecule has 0 fully saturated rings. The van der Waals surface area contributed by atoms with Gasteiger partial charge in [0.2, 0.25) is 0 Å². The Morgan fingerprint density at radius 1 is 1.31 bits per heavy atom. The predicted molar refractivity (Wildman–Crippen MR) is 48.3 cm³/mol. The number of rotatable bonds is 0. The molecule has 6 nitrogen and oxygen atoms in total. The summed E-state index contributed by atoms with van der Waals surface area (Å²) in [6.45, 7) is 1.81. The molecule has 2 aromatic heterocycles. The molecule has 0 aromatic carbocycles. The maximum absolute atomic E-state index is 7.20. The first-order valence-electron chi connectivity index (χ1n) is 3.65. The smallest absolute Gasteiger partial charge is 0.118 e. The largest absolute Gasteiger partial charge is 0.410 e. The van der Waals surface area contributed by atoms with Gasteiger partial charge in [-0.1, -0.05) is 0 Å². The maximum Gasteiger partial charge on any atom is 0.118 e. The molecule has 0 radical (unpaired) electrons. The van der Waals surface area contributed by atoms with Crippen molar-refractivity contribution in [3.05, 3.63) is 17.6 Å². The average Bonchev–Trinajstić information content (AvgIpc) is 2.06. The minimum atomic E-state index is -0.136. The zero-order chi connectivity index (χ0) is 9.42. The molecule has 0 saturated heterocycles. The molecule has 3 N–H and O–H groups in total. The van der Waals surface area contributed by atoms with Crippen LogP contribution in [0.2, 0.25) is 0 Å². The summed E-state index contributed by atoms with van der Waals surface area (Å²) in [5.41, 5.74) is 14.3. The third kappa shape index (κ3) is 1.22. The van der Waals surface area contributed by atoms with E-state index >= 15 is 0 Å². The zero-order valence-electron chi connectivity index (χ0n) is 6.94. The molecule has 0 saturated carbocycles. The van der Waals surface area contributed by atoms with Gasteiger partial charge in [0.25, 0.3) is 0 Å². The second-order valence-electron chi connectivity index (χ2n) is 2.62. The number of anilines is 1. The van der Waals surface area contributed by atoms with Gasteiger partial charge in [-0.25, -0.2) is 9.97 Å². The van der Waals surface area contributed by atoms with Gasteiger partial charge >= 0.3 is 0 Å². The Hall–Kier alpha value is -1.98. The van der Waals surface area contributed by atoms with Crippen LogP contribution in [-0.2, 0) is 0 Å². The van der Waals surface area contributed by atoms with Crippen LogP contribution in [0.15, 0.2) is 6.20 Å². The fourth-order valence-corrected chi connectivity index (χ4v) is 1.02. The van der Waals surface area contributed by atoms with Crippen molar-refractivity contribution in [2.24, 2.45) is 0 Å². The van der Waals surface area contributed by atoms with Gasteiger partial charge in [-0.2, -0.15) is 0 Å². The molecule has 0 unspecified atom stereocenters. The molecule has 0 aliphatic carbocycles. The number of aryl methyl sites for hydroxylation is 1. The van der Waals surface area contributed by atoms with Crippen LogP contribution in [0.25, 0.3) is 16.9 Å². The van der Waals surface area contributed by atoms with Gasteiger partial charge in [-0.05, 0) is 6.92 Å². The van der Waals surface area contributed by atoms with Crippen LogP contribution in [0.4, 0.5) is 11.8 Å². The lowest BCUT2D eigenvalue weighted by molar-refractivity contribution is 1.13. The number of hydrogen-bond acceptors (Lipinski definition) is 5. The van der Waals surface area contributed by atoms with Crippen LogP contribution in [0.3, 0.4) is 0 Å². The standard InChI is InChI=1S/C7H7N6/c1-3-2-10-6-4(11-3)5(8)12-7(9)13-6/h2H,1H3,(H3-,8,9,10,12,13)/q-1. The highest BCUT2D eigenvalue weighted by Gasteiger charge is 1.98. The predicted octanol–water partition coefficient (Wildman–Crippen LogP) is 0.994. The Kier molecular flexibility index (Phi) is 1.48. The Morgan fingerprint density at radius 3 is 2.85 bits per heavy atom. The monoisotopic (exact) mass is 175 g/mol. The van der Waals surface area contributed by atoms with E-state index in [0.29, 0.717) is 11.2 Å². The highest BCUT2D eigenvalue weighted by atomic mass is 15.1. The number of fused-ring (bicyclic) bond motifs is 1. The fraction of sp³-hybridized carbons (Fsp3) is 0.143. The van der Waals surface area contributed by atoms with Crippen LogP contribution >= 0.6 is 0 Å². The van der Waals surface area contributed by atoms with Crippen molar-refractivity contribution in [3.63, 3.8) is 0 Å². The summed E-state index contributed by atoms with van der Waals surface area (Å²) in [7, 11) is 0. The normalized spacial score (nSPS) is 10.5. The Balaban J connectivity index is 2.87. The van der Waals surface area contributed by atoms with Gasteiger partial charge in [0, 0.05) is 12.1 Å². The third-order valence-corrected chi connectivity index (χ3v) is 1.55. The van der Waals surface area contributed by atoms with Crippen LogP contribution in [-0.4, -0.2) is 19.9 Å². The Labute approximate surface area is 74.0 Å². The molecule has 0 aliphatic rings. The molecule has 66 valence electrons. The average molecular weight is 175 g/mol. The van der Waals surface area contributed by atoms with Gasteiger partial charge in [0.1, 0.15) is 11.2 Å². The first kappa shape index (κ1) is 7.66. The quantitative estimate of drug-likeness (QED) is 0.643. The summed E-state index contributed by atoms with van der Waals surface area (Å²) >= 11 is 0. The van der Waals surface area contributed by atoms with Crippen LogP contribution in [0.5, 0.6) is 0 Å². The van der Waals surface area contributed by atoms with Crippen molar-refractivity contribution in [1.82, 2.24) is 19.9 Å². The summed E-state index contributed by atoms with van der Waals surface area (Å²) in [4.78, 5) is 15.6. The Morgan fingerprint density at radius 2 is 2.08 bits per heavy atom. The van der Waals surface area contributed by atoms with Crippen molar-refractivity contribution >= 4 is 22.9 Å². The summed E-state index contributed by atoms with van der Waals surface area (Å²) < 4.78 is 0. The summed E-state index contributed by atoms with van der Waals surface area (Å²) in [6, 6.07) is 0. The lowest BCUT2D eigenvalue weighted by atomic mass is 10.4. The van der Waals surface area contributed by atoms with Gasteiger partial charge in [0.15, 0.2) is 0 Å². The topological polar surface area (TPSA) is 101 Å². The molecular formula is C7H7N6-. The van der Waals surface area contributed by atoms with Crippen molar-refractivity contribution < 1.29 is 0 Å². The molecule has 0 atom stereocenters. The first-order valence-corrected chi connectivity index (χ1v) is 3.65. The van der Waals surface area contributed by atoms with Gasteiger partial charge in [0.05, 0.1) is 11.5 Å². The molecule has 6 heteroatoms. The lowest BCUT2D eigenvalue weighted by Crippen LogP contribution is -1.98. The lowest BCUT2D eigenvalue weighted by Gasteiger charge is -2.08. The van der Waals surface area contributed by atoms with Gasteiger partial charge in [-0.15, -0.1) is 0 Å². The number of nitrogen functional groups attached to an aromatic ring is 1. The SMILES string of the molecule is Cc1cnc2nc([NH-])nc(N)c2n1. The molecule has 0 bridgehead atoms. The van der Waals surface area contributed by atoms with Gasteiger partial charge in [-0.3, -0.25) is 0 Å². The second kappa shape index (κ2) is 2.51.